The van der Waals surface area contributed by atoms with Crippen LogP contribution < -0.4 is 11.1 Å². The Morgan fingerprint density at radius 2 is 1.24 bits per heavy atom. The van der Waals surface area contributed by atoms with Crippen molar-refractivity contribution in [3.8, 4) is 21.4 Å². The smallest absolute Gasteiger partial charge is 0.230 e. The second-order valence-corrected chi connectivity index (χ2v) is 9.04. The Morgan fingerprint density at radius 1 is 0.676 bits per heavy atom. The number of pyridine rings is 2. The molecule has 10 nitrogen and oxygen atoms in total. The number of hydrogen-bond donors (Lipinski definition) is 2. The van der Waals surface area contributed by atoms with Crippen molar-refractivity contribution in [2.24, 2.45) is 0 Å². The van der Waals surface area contributed by atoms with Crippen LogP contribution in [0.25, 0.3) is 21.4 Å². The molecule has 184 valence electrons. The molecule has 6 heterocycles. The number of nitrogens with zero attached hydrogens (tertiary/aromatic N) is 8. The number of thiophene rings is 2. The number of halogens is 1. The lowest BCUT2D eigenvalue weighted by molar-refractivity contribution is 1.06. The quantitative estimate of drug-likeness (QED) is 0.284. The number of aromatic nitrogens is 8. The fraction of sp³-hybridized carbons (Fsp3) is 0. The fourth-order valence-corrected chi connectivity index (χ4v) is 4.06. The molecule has 0 bridgehead atoms. The van der Waals surface area contributed by atoms with Gasteiger partial charge in [0.25, 0.3) is 0 Å². The summed E-state index contributed by atoms with van der Waals surface area (Å²) in [7, 11) is 0. The Labute approximate surface area is 225 Å². The van der Waals surface area contributed by atoms with Gasteiger partial charge in [-0.15, -0.1) is 22.7 Å². The number of nitrogens with two attached hydrogens (primary N) is 1. The zero-order valence-electron chi connectivity index (χ0n) is 19.1. The average molecular weight is 547 g/mol. The molecule has 0 aliphatic carbocycles. The molecule has 3 N–H and O–H groups in total. The van der Waals surface area contributed by atoms with Gasteiger partial charge in [-0.3, -0.25) is 9.97 Å². The second kappa shape index (κ2) is 13.6. The first kappa shape index (κ1) is 25.7. The highest BCUT2D eigenvalue weighted by atomic mass is 35.5. The first-order valence-corrected chi connectivity index (χ1v) is 12.7. The largest absolute Gasteiger partial charge is 0.399 e. The van der Waals surface area contributed by atoms with Crippen LogP contribution in [0.4, 0.5) is 17.3 Å². The van der Waals surface area contributed by atoms with Crippen LogP contribution in [-0.4, -0.2) is 39.9 Å². The molecule has 0 radical (unpaired) electrons. The summed E-state index contributed by atoms with van der Waals surface area (Å²) < 4.78 is 0. The van der Waals surface area contributed by atoms with Crippen molar-refractivity contribution >= 4 is 51.6 Å². The van der Waals surface area contributed by atoms with Crippen molar-refractivity contribution < 1.29 is 0 Å². The van der Waals surface area contributed by atoms with Crippen molar-refractivity contribution in [2.75, 3.05) is 11.1 Å². The van der Waals surface area contributed by atoms with Gasteiger partial charge in [-0.2, -0.15) is 9.97 Å². The average Bonchev–Trinajstić information content (AvgIpc) is 3.66. The van der Waals surface area contributed by atoms with Gasteiger partial charge in [0, 0.05) is 36.2 Å². The molecule has 6 aromatic rings. The van der Waals surface area contributed by atoms with Gasteiger partial charge in [-0.1, -0.05) is 12.1 Å². The summed E-state index contributed by atoms with van der Waals surface area (Å²) >= 11 is 8.78. The van der Waals surface area contributed by atoms with Crippen LogP contribution in [0.15, 0.2) is 96.7 Å². The van der Waals surface area contributed by atoms with Crippen LogP contribution in [0.5, 0.6) is 0 Å². The summed E-state index contributed by atoms with van der Waals surface area (Å²) in [5.41, 5.74) is 6.97. The Morgan fingerprint density at radius 3 is 1.76 bits per heavy atom. The Hall–Kier alpha value is -4.39. The molecule has 6 aromatic heterocycles. The van der Waals surface area contributed by atoms with Gasteiger partial charge < -0.3 is 11.1 Å². The molecule has 0 atom stereocenters. The number of nitrogen functional groups attached to an aromatic ring is 1. The van der Waals surface area contributed by atoms with Gasteiger partial charge in [0.15, 0.2) is 11.6 Å². The van der Waals surface area contributed by atoms with Crippen LogP contribution in [0.3, 0.4) is 0 Å². The van der Waals surface area contributed by atoms with Gasteiger partial charge in [0.05, 0.1) is 9.75 Å². The lowest BCUT2D eigenvalue weighted by atomic mass is 10.4. The predicted octanol–water partition coefficient (Wildman–Crippen LogP) is 5.66. The summed E-state index contributed by atoms with van der Waals surface area (Å²) in [5, 5.41) is 7.30. The van der Waals surface area contributed by atoms with Crippen LogP contribution >= 0.6 is 34.3 Å². The minimum absolute atomic E-state index is 0.230. The van der Waals surface area contributed by atoms with Crippen molar-refractivity contribution in [1.29, 1.82) is 0 Å². The van der Waals surface area contributed by atoms with Crippen LogP contribution in [0.1, 0.15) is 0 Å². The molecule has 13 heteroatoms. The third kappa shape index (κ3) is 8.35. The van der Waals surface area contributed by atoms with Crippen molar-refractivity contribution in [2.45, 2.75) is 0 Å². The standard InChI is InChI=1S/C12H9N5S.C7H4ClN3S.C5H6N2/c1-2-10(18-7-1)11-14-8-15-12(17-11)16-9-3-5-13-6-4-9;8-7-10-4-9-6(11-7)5-2-1-3-12-5;6-5-1-3-7-4-2-5/h1-8H,(H,13,14,15,16,17);1-4H;1-4H,(H2,6,7). The maximum Gasteiger partial charge on any atom is 0.230 e. The molecule has 0 aliphatic rings. The molecular formula is C24H19ClN10S2. The molecule has 0 saturated carbocycles. The molecular weight excluding hydrogens is 528 g/mol. The zero-order valence-corrected chi connectivity index (χ0v) is 21.5. The second-order valence-electron chi connectivity index (χ2n) is 6.81. The van der Waals surface area contributed by atoms with E-state index in [0.717, 1.165) is 21.1 Å². The zero-order chi connectivity index (χ0) is 25.7. The highest BCUT2D eigenvalue weighted by Gasteiger charge is 2.05. The third-order valence-corrected chi connectivity index (χ3v) is 6.15. The van der Waals surface area contributed by atoms with E-state index >= 15 is 0 Å². The predicted molar refractivity (Wildman–Crippen MR) is 147 cm³/mol. The molecule has 0 fully saturated rings. The highest BCUT2D eigenvalue weighted by Crippen LogP contribution is 2.22. The third-order valence-electron chi connectivity index (χ3n) is 4.24. The number of nitrogens with one attached hydrogen (secondary N) is 1. The number of rotatable bonds is 4. The maximum absolute atomic E-state index is 5.60. The number of anilines is 3. The first-order chi connectivity index (χ1) is 18.2. The molecule has 0 aliphatic heterocycles. The van der Waals surface area contributed by atoms with E-state index in [1.54, 1.807) is 59.6 Å². The van der Waals surface area contributed by atoms with Crippen LogP contribution in [0, 0.1) is 0 Å². The van der Waals surface area contributed by atoms with Gasteiger partial charge in [0.2, 0.25) is 11.2 Å². The van der Waals surface area contributed by atoms with Gasteiger partial charge in [-0.25, -0.2) is 19.9 Å². The van der Waals surface area contributed by atoms with E-state index in [9.17, 15) is 0 Å². The Bertz CT molecular complexity index is 1470. The highest BCUT2D eigenvalue weighted by molar-refractivity contribution is 7.13. The van der Waals surface area contributed by atoms with Crippen molar-refractivity contribution in [3.05, 3.63) is 102 Å². The normalized spacial score (nSPS) is 9.86. The molecule has 0 spiro atoms. The lowest BCUT2D eigenvalue weighted by Crippen LogP contribution is -1.99. The van der Waals surface area contributed by atoms with E-state index in [-0.39, 0.29) is 5.28 Å². The summed E-state index contributed by atoms with van der Waals surface area (Å²) in [6.07, 6.45) is 9.66. The topological polar surface area (TPSA) is 141 Å². The van der Waals surface area contributed by atoms with Crippen LogP contribution in [-0.2, 0) is 0 Å². The molecule has 37 heavy (non-hydrogen) atoms. The molecule has 6 rings (SSSR count). The van der Waals surface area contributed by atoms with Gasteiger partial charge in [0.1, 0.15) is 12.7 Å². The van der Waals surface area contributed by atoms with E-state index in [2.05, 4.69) is 45.2 Å². The minimum atomic E-state index is 0.230. The van der Waals surface area contributed by atoms with E-state index in [0.29, 0.717) is 17.6 Å². The maximum atomic E-state index is 5.60. The summed E-state index contributed by atoms with van der Waals surface area (Å²) in [4.78, 5) is 34.0. The number of hydrogen-bond acceptors (Lipinski definition) is 12. The summed E-state index contributed by atoms with van der Waals surface area (Å²) in [6.45, 7) is 0. The van der Waals surface area contributed by atoms with Gasteiger partial charge in [-0.05, 0) is 58.8 Å². The fourth-order valence-electron chi connectivity index (χ4n) is 2.61. The Balaban J connectivity index is 0.000000144. The Kier molecular flexibility index (Phi) is 9.47. The van der Waals surface area contributed by atoms with Crippen LogP contribution in [0.2, 0.25) is 5.28 Å². The SMILES string of the molecule is Clc1ncnc(-c2cccs2)n1.Nc1ccncc1.c1csc(-c2ncnc(Nc3ccncc3)n2)c1. The van der Waals surface area contributed by atoms with E-state index < -0.39 is 0 Å². The molecule has 0 saturated heterocycles. The molecule has 0 amide bonds. The molecule has 0 unspecified atom stereocenters. The monoisotopic (exact) mass is 546 g/mol. The van der Waals surface area contributed by atoms with E-state index in [1.165, 1.54) is 12.7 Å². The van der Waals surface area contributed by atoms with Gasteiger partial charge >= 0.3 is 0 Å². The minimum Gasteiger partial charge on any atom is -0.399 e. The summed E-state index contributed by atoms with van der Waals surface area (Å²) in [5.74, 6) is 1.83. The lowest BCUT2D eigenvalue weighted by Gasteiger charge is -2.04. The molecule has 0 aromatic carbocycles. The first-order valence-electron chi connectivity index (χ1n) is 10.6. The van der Waals surface area contributed by atoms with E-state index in [4.69, 9.17) is 17.3 Å². The van der Waals surface area contributed by atoms with E-state index in [1.807, 2.05) is 47.2 Å². The summed E-state index contributed by atoms with van der Waals surface area (Å²) in [6, 6.07) is 15.0. The van der Waals surface area contributed by atoms with Crippen molar-refractivity contribution in [3.63, 3.8) is 0 Å². The van der Waals surface area contributed by atoms with Crippen molar-refractivity contribution in [1.82, 2.24) is 39.9 Å².